The zero-order chi connectivity index (χ0) is 18.2. The highest BCUT2D eigenvalue weighted by atomic mass is 16.6. The zero-order valence-corrected chi connectivity index (χ0v) is 15.5. The Bertz CT molecular complexity index is 483. The van der Waals surface area contributed by atoms with Crippen LogP contribution in [-0.2, 0) is 11.2 Å². The van der Waals surface area contributed by atoms with Crippen LogP contribution in [0.3, 0.4) is 0 Å². The van der Waals surface area contributed by atoms with Gasteiger partial charge in [-0.2, -0.15) is 0 Å². The summed E-state index contributed by atoms with van der Waals surface area (Å²) >= 11 is 0. The number of hydrogen-bond acceptors (Lipinski definition) is 4. The molecule has 3 N–H and O–H groups in total. The summed E-state index contributed by atoms with van der Waals surface area (Å²) in [4.78, 5) is 12.1. The third-order valence-electron chi connectivity index (χ3n) is 3.37. The molecule has 1 aromatic carbocycles. The maximum absolute atomic E-state index is 12.1. The molecular weight excluding hydrogens is 304 g/mol. The molecule has 1 rings (SSSR count). The second-order valence-corrected chi connectivity index (χ2v) is 7.56. The van der Waals surface area contributed by atoms with Crippen molar-refractivity contribution in [2.24, 2.45) is 5.92 Å². The largest absolute Gasteiger partial charge is 0.444 e. The summed E-state index contributed by atoms with van der Waals surface area (Å²) in [6.45, 7) is 10.9. The van der Waals surface area contributed by atoms with E-state index in [2.05, 4.69) is 24.5 Å². The van der Waals surface area contributed by atoms with Crippen molar-refractivity contribution in [2.75, 3.05) is 13.1 Å². The van der Waals surface area contributed by atoms with Gasteiger partial charge in [0.2, 0.25) is 0 Å². The lowest BCUT2D eigenvalue weighted by Crippen LogP contribution is -2.50. The van der Waals surface area contributed by atoms with Crippen molar-refractivity contribution in [3.8, 4) is 0 Å². The van der Waals surface area contributed by atoms with E-state index >= 15 is 0 Å². The first-order chi connectivity index (χ1) is 11.2. The van der Waals surface area contributed by atoms with Gasteiger partial charge in [0.25, 0.3) is 0 Å². The first-order valence-corrected chi connectivity index (χ1v) is 8.59. The van der Waals surface area contributed by atoms with Gasteiger partial charge in [0.15, 0.2) is 0 Å². The molecule has 136 valence electrons. The van der Waals surface area contributed by atoms with Gasteiger partial charge >= 0.3 is 6.09 Å². The minimum atomic E-state index is -0.698. The lowest BCUT2D eigenvalue weighted by Gasteiger charge is -2.27. The van der Waals surface area contributed by atoms with Gasteiger partial charge in [-0.25, -0.2) is 4.79 Å². The number of rotatable bonds is 8. The van der Waals surface area contributed by atoms with Gasteiger partial charge < -0.3 is 20.5 Å². The van der Waals surface area contributed by atoms with Crippen molar-refractivity contribution < 1.29 is 14.6 Å². The summed E-state index contributed by atoms with van der Waals surface area (Å²) in [6, 6.07) is 9.39. The van der Waals surface area contributed by atoms with Crippen LogP contribution in [0.2, 0.25) is 0 Å². The highest BCUT2D eigenvalue weighted by Crippen LogP contribution is 2.10. The highest BCUT2D eigenvalue weighted by molar-refractivity contribution is 5.68. The van der Waals surface area contributed by atoms with Gasteiger partial charge in [0.1, 0.15) is 5.60 Å². The Morgan fingerprint density at radius 2 is 1.79 bits per heavy atom. The van der Waals surface area contributed by atoms with Crippen LogP contribution < -0.4 is 10.6 Å². The van der Waals surface area contributed by atoms with Gasteiger partial charge in [-0.05, 0) is 45.2 Å². The molecule has 5 nitrogen and oxygen atoms in total. The van der Waals surface area contributed by atoms with Crippen molar-refractivity contribution in [1.29, 1.82) is 0 Å². The second kappa shape index (κ2) is 9.64. The monoisotopic (exact) mass is 336 g/mol. The van der Waals surface area contributed by atoms with Crippen LogP contribution in [0.25, 0.3) is 0 Å². The van der Waals surface area contributed by atoms with E-state index in [1.54, 1.807) is 0 Å². The van der Waals surface area contributed by atoms with Gasteiger partial charge in [0.05, 0.1) is 12.1 Å². The number of aliphatic hydroxyl groups excluding tert-OH is 1. The van der Waals surface area contributed by atoms with Crippen LogP contribution in [0.4, 0.5) is 4.79 Å². The third-order valence-corrected chi connectivity index (χ3v) is 3.37. The molecule has 5 heteroatoms. The van der Waals surface area contributed by atoms with Crippen molar-refractivity contribution in [1.82, 2.24) is 10.6 Å². The summed E-state index contributed by atoms with van der Waals surface area (Å²) in [6.07, 6.45) is -0.659. The molecule has 1 aromatic rings. The summed E-state index contributed by atoms with van der Waals surface area (Å²) in [7, 11) is 0. The molecule has 2 atom stereocenters. The fourth-order valence-corrected chi connectivity index (χ4v) is 2.27. The van der Waals surface area contributed by atoms with Crippen LogP contribution in [0.1, 0.15) is 40.2 Å². The molecule has 1 amide bonds. The molecule has 0 aromatic heterocycles. The molecule has 0 spiro atoms. The maximum Gasteiger partial charge on any atom is 0.407 e. The van der Waals surface area contributed by atoms with Crippen LogP contribution in [0.15, 0.2) is 30.3 Å². The van der Waals surface area contributed by atoms with Gasteiger partial charge in [-0.15, -0.1) is 0 Å². The lowest BCUT2D eigenvalue weighted by molar-refractivity contribution is 0.0422. The Balaban J connectivity index is 2.69. The average Bonchev–Trinajstić information content (AvgIpc) is 2.45. The van der Waals surface area contributed by atoms with Crippen LogP contribution in [-0.4, -0.2) is 42.0 Å². The Hall–Kier alpha value is -1.59. The van der Waals surface area contributed by atoms with E-state index in [1.165, 1.54) is 0 Å². The number of ether oxygens (including phenoxy) is 1. The summed E-state index contributed by atoms with van der Waals surface area (Å²) in [5.41, 5.74) is 0.490. The van der Waals surface area contributed by atoms with E-state index in [0.717, 1.165) is 12.1 Å². The SMILES string of the molecule is CC(C)CNCC(O)[C@H](Cc1ccccc1)NC(=O)OC(C)(C)C. The average molecular weight is 336 g/mol. The number of carbonyl (C=O) groups excluding carboxylic acids is 1. The minimum Gasteiger partial charge on any atom is -0.444 e. The number of alkyl carbamates (subject to hydrolysis) is 1. The predicted octanol–water partition coefficient (Wildman–Crippen LogP) is 2.73. The maximum atomic E-state index is 12.1. The fourth-order valence-electron chi connectivity index (χ4n) is 2.27. The standard InChI is InChI=1S/C19H32N2O3/c1-14(2)12-20-13-17(22)16(11-15-9-7-6-8-10-15)21-18(23)24-19(3,4)5/h6-10,14,16-17,20,22H,11-13H2,1-5H3,(H,21,23)/t16-,17?/m0/s1. The minimum absolute atomic E-state index is 0.415. The second-order valence-electron chi connectivity index (χ2n) is 7.56. The van der Waals surface area contributed by atoms with Crippen LogP contribution in [0.5, 0.6) is 0 Å². The summed E-state index contributed by atoms with van der Waals surface area (Å²) in [5.74, 6) is 0.503. The quantitative estimate of drug-likeness (QED) is 0.683. The van der Waals surface area contributed by atoms with E-state index < -0.39 is 23.8 Å². The molecule has 0 radical (unpaired) electrons. The van der Waals surface area contributed by atoms with E-state index in [0.29, 0.717) is 18.9 Å². The molecule has 0 fully saturated rings. The Morgan fingerprint density at radius 1 is 1.17 bits per heavy atom. The van der Waals surface area contributed by atoms with Crippen molar-refractivity contribution in [2.45, 2.75) is 58.8 Å². The number of aliphatic hydroxyl groups is 1. The molecule has 0 aliphatic carbocycles. The number of nitrogens with one attached hydrogen (secondary N) is 2. The van der Waals surface area contributed by atoms with Crippen LogP contribution in [0, 0.1) is 5.92 Å². The Morgan fingerprint density at radius 3 is 2.33 bits per heavy atom. The normalized spacial score (nSPS) is 14.3. The van der Waals surface area contributed by atoms with Crippen molar-refractivity contribution >= 4 is 6.09 Å². The lowest BCUT2D eigenvalue weighted by atomic mass is 10.0. The topological polar surface area (TPSA) is 70.6 Å². The molecule has 0 saturated heterocycles. The van der Waals surface area contributed by atoms with E-state index in [4.69, 9.17) is 4.74 Å². The first-order valence-electron chi connectivity index (χ1n) is 8.59. The zero-order valence-electron chi connectivity index (χ0n) is 15.5. The van der Waals surface area contributed by atoms with Crippen molar-refractivity contribution in [3.05, 3.63) is 35.9 Å². The van der Waals surface area contributed by atoms with E-state index in [-0.39, 0.29) is 0 Å². The third kappa shape index (κ3) is 8.89. The van der Waals surface area contributed by atoms with Gasteiger partial charge in [-0.1, -0.05) is 44.2 Å². The van der Waals surface area contributed by atoms with E-state index in [9.17, 15) is 9.90 Å². The number of amides is 1. The molecule has 24 heavy (non-hydrogen) atoms. The van der Waals surface area contributed by atoms with Gasteiger partial charge in [-0.3, -0.25) is 0 Å². The molecule has 0 aliphatic rings. The summed E-state index contributed by atoms with van der Waals surface area (Å²) < 4.78 is 5.32. The molecule has 0 bridgehead atoms. The Labute approximate surface area is 145 Å². The molecule has 0 aliphatic heterocycles. The van der Waals surface area contributed by atoms with Crippen molar-refractivity contribution in [3.63, 3.8) is 0 Å². The highest BCUT2D eigenvalue weighted by Gasteiger charge is 2.24. The van der Waals surface area contributed by atoms with E-state index in [1.807, 2.05) is 51.1 Å². The Kier molecular flexibility index (Phi) is 8.22. The molecule has 1 unspecified atom stereocenters. The predicted molar refractivity (Wildman–Crippen MR) is 97.0 cm³/mol. The van der Waals surface area contributed by atoms with Gasteiger partial charge in [0, 0.05) is 6.54 Å². The molecular formula is C19H32N2O3. The summed E-state index contributed by atoms with van der Waals surface area (Å²) in [5, 5.41) is 16.5. The number of benzene rings is 1. The molecule has 0 heterocycles. The number of carbonyl (C=O) groups is 1. The molecule has 0 saturated carbocycles. The smallest absolute Gasteiger partial charge is 0.407 e. The fraction of sp³-hybridized carbons (Fsp3) is 0.632. The first kappa shape index (κ1) is 20.5. The number of hydrogen-bond donors (Lipinski definition) is 3. The van der Waals surface area contributed by atoms with Crippen LogP contribution >= 0.6 is 0 Å².